The Balaban J connectivity index is 1.19. The number of carbonyl (C=O) groups excluding carboxylic acids is 1. The van der Waals surface area contributed by atoms with Crippen molar-refractivity contribution in [1.82, 2.24) is 30.3 Å². The van der Waals surface area contributed by atoms with Gasteiger partial charge in [0.25, 0.3) is 0 Å². The van der Waals surface area contributed by atoms with Crippen molar-refractivity contribution in [2.24, 2.45) is 5.92 Å². The molecule has 3 aromatic rings. The van der Waals surface area contributed by atoms with Gasteiger partial charge in [-0.05, 0) is 42.7 Å². The standard InChI is InChI=1S/C20H21N7O3/c28-20(22-9-14-3-4-16-17(8-14)30-13-29-16)15-2-1-7-26(10-15)18-5-6-19(25-24-18)27-12-21-11-23-27/h3-6,8,11-12,15H,1-2,7,9-10,13H2,(H,22,28)/t15-/m0/s1. The lowest BCUT2D eigenvalue weighted by Gasteiger charge is -2.32. The first-order valence-corrected chi connectivity index (χ1v) is 9.86. The molecule has 10 heteroatoms. The number of nitrogens with one attached hydrogen (secondary N) is 1. The molecule has 5 rings (SSSR count). The van der Waals surface area contributed by atoms with Crippen LogP contribution in [0.1, 0.15) is 18.4 Å². The van der Waals surface area contributed by atoms with Crippen LogP contribution in [0.4, 0.5) is 5.82 Å². The highest BCUT2D eigenvalue weighted by atomic mass is 16.7. The fourth-order valence-electron chi connectivity index (χ4n) is 3.72. The fraction of sp³-hybridized carbons (Fsp3) is 0.350. The molecule has 1 amide bonds. The highest BCUT2D eigenvalue weighted by Crippen LogP contribution is 2.32. The zero-order chi connectivity index (χ0) is 20.3. The van der Waals surface area contributed by atoms with E-state index in [0.717, 1.165) is 42.3 Å². The molecule has 1 fully saturated rings. The van der Waals surface area contributed by atoms with Crippen molar-refractivity contribution in [3.05, 3.63) is 48.5 Å². The molecule has 2 aromatic heterocycles. The van der Waals surface area contributed by atoms with Crippen molar-refractivity contribution in [2.75, 3.05) is 24.8 Å². The average Bonchev–Trinajstić information content (AvgIpc) is 3.49. The van der Waals surface area contributed by atoms with Gasteiger partial charge in [0.2, 0.25) is 12.7 Å². The predicted octanol–water partition coefficient (Wildman–Crippen LogP) is 1.32. The van der Waals surface area contributed by atoms with Gasteiger partial charge in [-0.15, -0.1) is 10.2 Å². The van der Waals surface area contributed by atoms with Crippen LogP contribution < -0.4 is 19.7 Å². The number of ether oxygens (including phenoxy) is 2. The summed E-state index contributed by atoms with van der Waals surface area (Å²) in [5.41, 5.74) is 0.981. The molecule has 1 saturated heterocycles. The first kappa shape index (κ1) is 18.3. The van der Waals surface area contributed by atoms with E-state index in [1.165, 1.54) is 6.33 Å². The molecule has 1 aromatic carbocycles. The Hall–Kier alpha value is -3.69. The van der Waals surface area contributed by atoms with Crippen molar-refractivity contribution in [1.29, 1.82) is 0 Å². The SMILES string of the molecule is O=C(NCc1ccc2c(c1)OCO2)[C@H]1CCCN(c2ccc(-n3cncn3)nn2)C1. The Morgan fingerprint density at radius 2 is 2.00 bits per heavy atom. The zero-order valence-electron chi connectivity index (χ0n) is 16.3. The van der Waals surface area contributed by atoms with Gasteiger partial charge in [0.05, 0.1) is 5.92 Å². The van der Waals surface area contributed by atoms with E-state index in [9.17, 15) is 4.79 Å². The van der Waals surface area contributed by atoms with E-state index >= 15 is 0 Å². The second-order valence-corrected chi connectivity index (χ2v) is 7.28. The molecule has 1 N–H and O–H groups in total. The minimum absolute atomic E-state index is 0.0459. The summed E-state index contributed by atoms with van der Waals surface area (Å²) in [7, 11) is 0. The summed E-state index contributed by atoms with van der Waals surface area (Å²) in [6, 6.07) is 9.46. The molecule has 154 valence electrons. The number of hydrogen-bond donors (Lipinski definition) is 1. The first-order valence-electron chi connectivity index (χ1n) is 9.86. The molecular formula is C20H21N7O3. The van der Waals surface area contributed by atoms with Crippen LogP contribution in [0.25, 0.3) is 5.82 Å². The molecule has 4 heterocycles. The van der Waals surface area contributed by atoms with E-state index in [1.54, 1.807) is 11.0 Å². The molecule has 2 aliphatic rings. The van der Waals surface area contributed by atoms with Crippen molar-refractivity contribution >= 4 is 11.7 Å². The summed E-state index contributed by atoms with van der Waals surface area (Å²) in [5, 5.41) is 15.6. The largest absolute Gasteiger partial charge is 0.454 e. The highest BCUT2D eigenvalue weighted by molar-refractivity contribution is 5.79. The van der Waals surface area contributed by atoms with Gasteiger partial charge in [-0.25, -0.2) is 9.67 Å². The molecule has 10 nitrogen and oxygen atoms in total. The molecule has 1 atom stereocenters. The van der Waals surface area contributed by atoms with Crippen molar-refractivity contribution in [2.45, 2.75) is 19.4 Å². The molecule has 0 radical (unpaired) electrons. The van der Waals surface area contributed by atoms with E-state index < -0.39 is 0 Å². The third kappa shape index (κ3) is 3.76. The molecule has 2 aliphatic heterocycles. The Kier molecular flexibility index (Phi) is 4.88. The number of amides is 1. The molecule has 0 unspecified atom stereocenters. The van der Waals surface area contributed by atoms with E-state index in [0.29, 0.717) is 18.9 Å². The summed E-state index contributed by atoms with van der Waals surface area (Å²) in [5.74, 6) is 2.77. The zero-order valence-corrected chi connectivity index (χ0v) is 16.3. The first-order chi connectivity index (χ1) is 14.8. The second-order valence-electron chi connectivity index (χ2n) is 7.28. The minimum atomic E-state index is -0.0930. The number of fused-ring (bicyclic) bond motifs is 1. The predicted molar refractivity (Wildman–Crippen MR) is 106 cm³/mol. The number of benzene rings is 1. The van der Waals surface area contributed by atoms with E-state index in [1.807, 2.05) is 30.3 Å². The lowest BCUT2D eigenvalue weighted by atomic mass is 9.97. The fourth-order valence-corrected chi connectivity index (χ4v) is 3.72. The van der Waals surface area contributed by atoms with Gasteiger partial charge >= 0.3 is 0 Å². The highest BCUT2D eigenvalue weighted by Gasteiger charge is 2.26. The third-order valence-electron chi connectivity index (χ3n) is 5.31. The van der Waals surface area contributed by atoms with Gasteiger partial charge < -0.3 is 19.7 Å². The van der Waals surface area contributed by atoms with Crippen LogP contribution in [0.5, 0.6) is 11.5 Å². The smallest absolute Gasteiger partial charge is 0.231 e. The lowest BCUT2D eigenvalue weighted by Crippen LogP contribution is -2.43. The van der Waals surface area contributed by atoms with Gasteiger partial charge in [-0.2, -0.15) is 5.10 Å². The maximum Gasteiger partial charge on any atom is 0.231 e. The number of rotatable bonds is 5. The average molecular weight is 407 g/mol. The van der Waals surface area contributed by atoms with Crippen molar-refractivity contribution in [3.63, 3.8) is 0 Å². The Bertz CT molecular complexity index is 1020. The molecule has 0 bridgehead atoms. The maximum absolute atomic E-state index is 12.7. The summed E-state index contributed by atoms with van der Waals surface area (Å²) in [6.45, 7) is 2.16. The summed E-state index contributed by atoms with van der Waals surface area (Å²) < 4.78 is 12.3. The van der Waals surface area contributed by atoms with Crippen LogP contribution in [-0.2, 0) is 11.3 Å². The number of nitrogens with zero attached hydrogens (tertiary/aromatic N) is 6. The van der Waals surface area contributed by atoms with Gasteiger partial charge in [-0.3, -0.25) is 4.79 Å². The number of anilines is 1. The third-order valence-corrected chi connectivity index (χ3v) is 5.31. The quantitative estimate of drug-likeness (QED) is 0.675. The van der Waals surface area contributed by atoms with Crippen LogP contribution in [0.15, 0.2) is 43.0 Å². The lowest BCUT2D eigenvalue weighted by molar-refractivity contribution is -0.125. The Morgan fingerprint density at radius 1 is 1.13 bits per heavy atom. The Labute approximate surface area is 172 Å². The molecule has 0 spiro atoms. The molecular weight excluding hydrogens is 386 g/mol. The molecule has 0 aliphatic carbocycles. The van der Waals surface area contributed by atoms with Crippen molar-refractivity contribution in [3.8, 4) is 17.3 Å². The monoisotopic (exact) mass is 407 g/mol. The van der Waals surface area contributed by atoms with Crippen molar-refractivity contribution < 1.29 is 14.3 Å². The van der Waals surface area contributed by atoms with Crippen LogP contribution in [0.2, 0.25) is 0 Å². The normalized spacial score (nSPS) is 17.7. The van der Waals surface area contributed by atoms with Crippen LogP contribution >= 0.6 is 0 Å². The van der Waals surface area contributed by atoms with Gasteiger partial charge in [0.1, 0.15) is 12.7 Å². The van der Waals surface area contributed by atoms with E-state index in [2.05, 4.69) is 30.5 Å². The van der Waals surface area contributed by atoms with Crippen LogP contribution in [0, 0.1) is 5.92 Å². The van der Waals surface area contributed by atoms with Gasteiger partial charge in [0, 0.05) is 19.6 Å². The van der Waals surface area contributed by atoms with E-state index in [4.69, 9.17) is 9.47 Å². The van der Waals surface area contributed by atoms with E-state index in [-0.39, 0.29) is 18.6 Å². The van der Waals surface area contributed by atoms with Gasteiger partial charge in [-0.1, -0.05) is 6.07 Å². The summed E-state index contributed by atoms with van der Waals surface area (Å²) in [6.07, 6.45) is 4.81. The van der Waals surface area contributed by atoms with Gasteiger partial charge in [0.15, 0.2) is 23.1 Å². The second kappa shape index (κ2) is 7.97. The number of piperidine rings is 1. The molecule has 30 heavy (non-hydrogen) atoms. The summed E-state index contributed by atoms with van der Waals surface area (Å²) >= 11 is 0. The van der Waals surface area contributed by atoms with Crippen LogP contribution in [-0.4, -0.2) is 50.8 Å². The topological polar surface area (TPSA) is 107 Å². The number of aromatic nitrogens is 5. The minimum Gasteiger partial charge on any atom is -0.454 e. The Morgan fingerprint density at radius 3 is 2.83 bits per heavy atom. The number of carbonyl (C=O) groups is 1. The number of hydrogen-bond acceptors (Lipinski definition) is 8. The van der Waals surface area contributed by atoms with Crippen LogP contribution in [0.3, 0.4) is 0 Å². The summed E-state index contributed by atoms with van der Waals surface area (Å²) in [4.78, 5) is 18.8. The molecule has 0 saturated carbocycles. The maximum atomic E-state index is 12.7.